The van der Waals surface area contributed by atoms with Crippen LogP contribution in [0.25, 0.3) is 0 Å². The van der Waals surface area contributed by atoms with E-state index in [9.17, 15) is 9.59 Å². The first-order chi connectivity index (χ1) is 12.3. The van der Waals surface area contributed by atoms with Crippen LogP contribution in [0.15, 0.2) is 42.5 Å². The van der Waals surface area contributed by atoms with Gasteiger partial charge in [0.25, 0.3) is 0 Å². The fourth-order valence-corrected chi connectivity index (χ4v) is 2.88. The van der Waals surface area contributed by atoms with Gasteiger partial charge in [-0.1, -0.05) is 70.2 Å². The number of hydrogen-bond acceptors (Lipinski definition) is 3. The minimum Gasteiger partial charge on any atom is -0.351 e. The van der Waals surface area contributed by atoms with Crippen LogP contribution in [-0.2, 0) is 16.0 Å². The van der Waals surface area contributed by atoms with Crippen LogP contribution in [0.3, 0.4) is 0 Å². The zero-order valence-electron chi connectivity index (χ0n) is 16.8. The smallest absolute Gasteiger partial charge is 0.237 e. The number of nitrogens with one attached hydrogen (secondary N) is 2. The Hall–Kier alpha value is -1.94. The molecule has 0 heterocycles. The number of amides is 1. The molecule has 0 radical (unpaired) electrons. The third kappa shape index (κ3) is 8.95. The highest BCUT2D eigenvalue weighted by atomic mass is 16.2. The van der Waals surface area contributed by atoms with E-state index in [2.05, 4.69) is 24.5 Å². The molecule has 0 spiro atoms. The first-order valence-electron chi connectivity index (χ1n) is 9.54. The van der Waals surface area contributed by atoms with Gasteiger partial charge in [-0.15, -0.1) is 0 Å². The number of hydrogen-bond donors (Lipinski definition) is 2. The maximum absolute atomic E-state index is 12.6. The number of Topliss-reactive ketones (excluding diaryl/α,β-unsaturated/α-hetero) is 1. The summed E-state index contributed by atoms with van der Waals surface area (Å²) in [7, 11) is 0. The molecule has 0 aliphatic carbocycles. The summed E-state index contributed by atoms with van der Waals surface area (Å²) in [5.74, 6) is 0.551. The van der Waals surface area contributed by atoms with Crippen LogP contribution in [0.4, 0.5) is 0 Å². The average Bonchev–Trinajstić information content (AvgIpc) is 2.56. The summed E-state index contributed by atoms with van der Waals surface area (Å²) in [5.41, 5.74) is 1.13. The summed E-state index contributed by atoms with van der Waals surface area (Å²) < 4.78 is 0. The van der Waals surface area contributed by atoms with E-state index in [1.54, 1.807) is 6.92 Å². The van der Waals surface area contributed by atoms with Crippen molar-refractivity contribution in [1.82, 2.24) is 10.6 Å². The average molecular weight is 359 g/mol. The van der Waals surface area contributed by atoms with Gasteiger partial charge in [0.05, 0.1) is 6.04 Å². The van der Waals surface area contributed by atoms with Crippen LogP contribution in [-0.4, -0.2) is 30.3 Å². The molecule has 1 amide bonds. The lowest BCUT2D eigenvalue weighted by Crippen LogP contribution is -2.48. The topological polar surface area (TPSA) is 58.2 Å². The predicted octanol–water partition coefficient (Wildman–Crippen LogP) is 3.52. The largest absolute Gasteiger partial charge is 0.351 e. The third-order valence-electron chi connectivity index (χ3n) is 4.14. The fourth-order valence-electron chi connectivity index (χ4n) is 2.88. The lowest BCUT2D eigenvalue weighted by atomic mass is 9.93. The Morgan fingerprint density at radius 1 is 1.08 bits per heavy atom. The molecule has 4 nitrogen and oxygen atoms in total. The molecule has 0 saturated carbocycles. The predicted molar refractivity (Wildman–Crippen MR) is 108 cm³/mol. The Balaban J connectivity index is 2.60. The maximum atomic E-state index is 12.6. The van der Waals surface area contributed by atoms with Gasteiger partial charge in [-0.25, -0.2) is 0 Å². The van der Waals surface area contributed by atoms with Gasteiger partial charge in [-0.05, 0) is 31.2 Å². The second kappa shape index (κ2) is 11.6. The van der Waals surface area contributed by atoms with Crippen LogP contribution >= 0.6 is 0 Å². The minimum absolute atomic E-state index is 0.0181. The van der Waals surface area contributed by atoms with Crippen molar-refractivity contribution < 1.29 is 9.59 Å². The molecule has 0 fully saturated rings. The second-order valence-electron chi connectivity index (χ2n) is 7.58. The summed E-state index contributed by atoms with van der Waals surface area (Å²) >= 11 is 0. The molecule has 4 heteroatoms. The lowest BCUT2D eigenvalue weighted by molar-refractivity contribution is -0.123. The van der Waals surface area contributed by atoms with Crippen molar-refractivity contribution >= 4 is 11.7 Å². The molecule has 0 aliphatic rings. The van der Waals surface area contributed by atoms with Crippen molar-refractivity contribution in [3.8, 4) is 0 Å². The third-order valence-corrected chi connectivity index (χ3v) is 4.14. The molecule has 26 heavy (non-hydrogen) atoms. The molecule has 0 saturated heterocycles. The van der Waals surface area contributed by atoms with Gasteiger partial charge in [-0.2, -0.15) is 0 Å². The normalized spacial score (nSPS) is 14.0. The van der Waals surface area contributed by atoms with Crippen molar-refractivity contribution in [2.24, 2.45) is 11.8 Å². The summed E-state index contributed by atoms with van der Waals surface area (Å²) in [6.07, 6.45) is 5.30. The number of ketones is 1. The van der Waals surface area contributed by atoms with E-state index in [-0.39, 0.29) is 29.7 Å². The van der Waals surface area contributed by atoms with Crippen LogP contribution < -0.4 is 10.6 Å². The summed E-state index contributed by atoms with van der Waals surface area (Å²) in [6.45, 7) is 10.3. The molecular weight excluding hydrogens is 324 g/mol. The molecule has 2 N–H and O–H groups in total. The Bertz CT molecular complexity index is 579. The van der Waals surface area contributed by atoms with Crippen molar-refractivity contribution in [3.63, 3.8) is 0 Å². The second-order valence-corrected chi connectivity index (χ2v) is 7.58. The maximum Gasteiger partial charge on any atom is 0.237 e. The van der Waals surface area contributed by atoms with Gasteiger partial charge in [0, 0.05) is 18.5 Å². The zero-order chi connectivity index (χ0) is 19.5. The molecule has 2 atom stereocenters. The van der Waals surface area contributed by atoms with Crippen LogP contribution in [0, 0.1) is 11.8 Å². The molecule has 0 bridgehead atoms. The van der Waals surface area contributed by atoms with Gasteiger partial charge < -0.3 is 10.6 Å². The van der Waals surface area contributed by atoms with E-state index in [0.717, 1.165) is 12.0 Å². The van der Waals surface area contributed by atoms with E-state index in [1.165, 1.54) is 0 Å². The molecule has 1 unspecified atom stereocenters. The monoisotopic (exact) mass is 358 g/mol. The Labute approximate surface area is 158 Å². The van der Waals surface area contributed by atoms with E-state index >= 15 is 0 Å². The molecule has 1 aromatic carbocycles. The van der Waals surface area contributed by atoms with Gasteiger partial charge in [-0.3, -0.25) is 9.59 Å². The van der Waals surface area contributed by atoms with E-state index in [4.69, 9.17) is 0 Å². The summed E-state index contributed by atoms with van der Waals surface area (Å²) in [5, 5.41) is 6.29. The number of carbonyl (C=O) groups excluding carboxylic acids is 2. The highest BCUT2D eigenvalue weighted by Gasteiger charge is 2.19. The molecule has 1 rings (SSSR count). The first kappa shape index (κ1) is 22.1. The number of rotatable bonds is 11. The van der Waals surface area contributed by atoms with Crippen LogP contribution in [0.1, 0.15) is 46.6 Å². The first-order valence-corrected chi connectivity index (χ1v) is 9.54. The van der Waals surface area contributed by atoms with Crippen molar-refractivity contribution in [2.45, 2.75) is 59.5 Å². The van der Waals surface area contributed by atoms with Crippen LogP contribution in [0.2, 0.25) is 0 Å². The van der Waals surface area contributed by atoms with Crippen molar-refractivity contribution in [3.05, 3.63) is 48.0 Å². The Morgan fingerprint density at radius 3 is 2.27 bits per heavy atom. The highest BCUT2D eigenvalue weighted by molar-refractivity contribution is 5.82. The Kier molecular flexibility index (Phi) is 9.89. The van der Waals surface area contributed by atoms with E-state index in [0.29, 0.717) is 18.9 Å². The molecule has 0 aromatic heterocycles. The number of allylic oxidation sites excluding steroid dienone is 1. The molecule has 1 aromatic rings. The lowest BCUT2D eigenvalue weighted by Gasteiger charge is -2.20. The molecular formula is C22H34N2O2. The molecule has 144 valence electrons. The Morgan fingerprint density at radius 2 is 1.73 bits per heavy atom. The quantitative estimate of drug-likeness (QED) is 0.595. The van der Waals surface area contributed by atoms with E-state index < -0.39 is 0 Å². The summed E-state index contributed by atoms with van der Waals surface area (Å²) in [4.78, 5) is 24.3. The van der Waals surface area contributed by atoms with Crippen molar-refractivity contribution in [1.29, 1.82) is 0 Å². The van der Waals surface area contributed by atoms with Gasteiger partial charge in [0.2, 0.25) is 5.91 Å². The summed E-state index contributed by atoms with van der Waals surface area (Å²) in [6, 6.07) is 9.96. The molecule has 0 aliphatic heterocycles. The number of benzene rings is 1. The van der Waals surface area contributed by atoms with Crippen molar-refractivity contribution in [2.75, 3.05) is 6.54 Å². The highest BCUT2D eigenvalue weighted by Crippen LogP contribution is 2.14. The SMILES string of the molecule is CC(=O)[C@@H](/C=C/CNC(=O)C(Cc1ccccc1)NC(C)C)CC(C)C. The zero-order valence-corrected chi connectivity index (χ0v) is 16.8. The van der Waals surface area contributed by atoms with Crippen LogP contribution in [0.5, 0.6) is 0 Å². The van der Waals surface area contributed by atoms with Gasteiger partial charge in [0.15, 0.2) is 0 Å². The number of carbonyl (C=O) groups is 2. The van der Waals surface area contributed by atoms with E-state index in [1.807, 2.05) is 56.3 Å². The van der Waals surface area contributed by atoms with Gasteiger partial charge in [0.1, 0.15) is 5.78 Å². The fraction of sp³-hybridized carbons (Fsp3) is 0.545. The van der Waals surface area contributed by atoms with Gasteiger partial charge >= 0.3 is 0 Å². The minimum atomic E-state index is -0.273. The standard InChI is InChI=1S/C22H34N2O2/c1-16(2)14-20(18(5)25)12-9-13-23-22(26)21(24-17(3)4)15-19-10-7-6-8-11-19/h6-12,16-17,20-21,24H,13-15H2,1-5H3,(H,23,26)/b12-9+/t20-,21?/m0/s1.